The molecule has 1 aromatic carbocycles. The molecule has 0 aromatic heterocycles. The molecule has 118 valence electrons. The van der Waals surface area contributed by atoms with Crippen molar-refractivity contribution in [3.8, 4) is 5.75 Å². The molecule has 2 bridgehead atoms. The van der Waals surface area contributed by atoms with Gasteiger partial charge in [-0.05, 0) is 37.3 Å². The molecule has 22 heavy (non-hydrogen) atoms. The van der Waals surface area contributed by atoms with Gasteiger partial charge in [0.1, 0.15) is 5.75 Å². The molecule has 2 amide bonds. The zero-order valence-electron chi connectivity index (χ0n) is 12.9. The Morgan fingerprint density at radius 2 is 2.23 bits per heavy atom. The molecular weight excluding hydrogens is 280 g/mol. The molecule has 1 saturated carbocycles. The molecule has 1 aliphatic carbocycles. The van der Waals surface area contributed by atoms with Crippen LogP contribution in [-0.2, 0) is 9.59 Å². The average Bonchev–Trinajstić information content (AvgIpc) is 3.16. The molecule has 1 heterocycles. The minimum absolute atomic E-state index is 0.0404. The first-order valence-corrected chi connectivity index (χ1v) is 7.98. The number of nitrogens with zero attached hydrogens (tertiary/aromatic N) is 1. The van der Waals surface area contributed by atoms with Gasteiger partial charge in [-0.1, -0.05) is 13.0 Å². The van der Waals surface area contributed by atoms with Crippen LogP contribution >= 0.6 is 0 Å². The van der Waals surface area contributed by atoms with Crippen LogP contribution in [0.2, 0.25) is 0 Å². The van der Waals surface area contributed by atoms with E-state index in [4.69, 9.17) is 4.74 Å². The van der Waals surface area contributed by atoms with E-state index in [9.17, 15) is 9.59 Å². The van der Waals surface area contributed by atoms with Gasteiger partial charge < -0.3 is 15.0 Å². The van der Waals surface area contributed by atoms with Crippen molar-refractivity contribution in [1.29, 1.82) is 0 Å². The van der Waals surface area contributed by atoms with E-state index in [-0.39, 0.29) is 18.4 Å². The number of anilines is 1. The van der Waals surface area contributed by atoms with Crippen molar-refractivity contribution in [2.24, 2.45) is 5.92 Å². The van der Waals surface area contributed by atoms with Crippen molar-refractivity contribution in [2.45, 2.75) is 38.6 Å². The Labute approximate surface area is 130 Å². The van der Waals surface area contributed by atoms with E-state index in [1.54, 1.807) is 19.1 Å². The molecule has 2 aliphatic rings. The van der Waals surface area contributed by atoms with Gasteiger partial charge in [-0.2, -0.15) is 0 Å². The molecular formula is C17H22N2O3. The normalized spacial score (nSPS) is 22.7. The lowest BCUT2D eigenvalue weighted by Gasteiger charge is -2.26. The van der Waals surface area contributed by atoms with Crippen LogP contribution in [0.4, 0.5) is 5.69 Å². The third-order valence-corrected chi connectivity index (χ3v) is 4.53. The predicted octanol–water partition coefficient (Wildman–Crippen LogP) is 2.42. The molecule has 1 aromatic rings. The van der Waals surface area contributed by atoms with E-state index in [1.165, 1.54) is 6.42 Å². The number of piperidine rings is 1. The van der Waals surface area contributed by atoms with Gasteiger partial charge in [-0.3, -0.25) is 9.59 Å². The fourth-order valence-electron chi connectivity index (χ4n) is 3.37. The van der Waals surface area contributed by atoms with Crippen molar-refractivity contribution in [3.63, 3.8) is 0 Å². The molecule has 0 unspecified atom stereocenters. The maximum Gasteiger partial charge on any atom is 0.260 e. The number of benzene rings is 1. The third-order valence-electron chi connectivity index (χ3n) is 4.53. The fourth-order valence-corrected chi connectivity index (χ4v) is 3.37. The van der Waals surface area contributed by atoms with Crippen LogP contribution in [0.5, 0.6) is 5.75 Å². The Morgan fingerprint density at radius 3 is 2.91 bits per heavy atom. The lowest BCUT2D eigenvalue weighted by molar-refractivity contribution is -0.135. The van der Waals surface area contributed by atoms with Gasteiger partial charge in [0.05, 0.1) is 0 Å². The molecule has 1 N–H and O–H groups in total. The Kier molecular flexibility index (Phi) is 4.32. The maximum atomic E-state index is 12.2. The van der Waals surface area contributed by atoms with Crippen LogP contribution < -0.4 is 10.1 Å². The molecule has 0 spiro atoms. The summed E-state index contributed by atoms with van der Waals surface area (Å²) in [6.07, 6.45) is 3.98. The van der Waals surface area contributed by atoms with Crippen LogP contribution in [-0.4, -0.2) is 35.9 Å². The van der Waals surface area contributed by atoms with E-state index in [0.29, 0.717) is 29.8 Å². The summed E-state index contributed by atoms with van der Waals surface area (Å²) in [5, 5.41) is 2.78. The Bertz CT molecular complexity index is 573. The van der Waals surface area contributed by atoms with Gasteiger partial charge in [0.2, 0.25) is 5.91 Å². The van der Waals surface area contributed by atoms with Crippen LogP contribution in [0.3, 0.4) is 0 Å². The van der Waals surface area contributed by atoms with Gasteiger partial charge in [0.15, 0.2) is 6.61 Å². The minimum atomic E-state index is -0.0404. The van der Waals surface area contributed by atoms with Gasteiger partial charge in [0, 0.05) is 30.8 Å². The van der Waals surface area contributed by atoms with Gasteiger partial charge in [-0.15, -0.1) is 0 Å². The van der Waals surface area contributed by atoms with Crippen molar-refractivity contribution in [3.05, 3.63) is 24.3 Å². The molecule has 2 fully saturated rings. The number of carbonyl (C=O) groups excluding carboxylic acids is 2. The highest BCUT2D eigenvalue weighted by Crippen LogP contribution is 2.37. The second-order valence-corrected chi connectivity index (χ2v) is 6.10. The Morgan fingerprint density at radius 1 is 1.36 bits per heavy atom. The predicted molar refractivity (Wildman–Crippen MR) is 83.7 cm³/mol. The van der Waals surface area contributed by atoms with Crippen molar-refractivity contribution < 1.29 is 14.3 Å². The van der Waals surface area contributed by atoms with Crippen molar-refractivity contribution >= 4 is 17.5 Å². The van der Waals surface area contributed by atoms with E-state index in [0.717, 1.165) is 19.4 Å². The topological polar surface area (TPSA) is 58.6 Å². The summed E-state index contributed by atoms with van der Waals surface area (Å²) in [4.78, 5) is 25.6. The second-order valence-electron chi connectivity index (χ2n) is 6.10. The number of likely N-dealkylation sites (tertiary alicyclic amines) is 1. The highest BCUT2D eigenvalue weighted by atomic mass is 16.5. The van der Waals surface area contributed by atoms with E-state index in [1.807, 2.05) is 17.0 Å². The summed E-state index contributed by atoms with van der Waals surface area (Å²) in [5.41, 5.74) is 0.692. The quantitative estimate of drug-likeness (QED) is 0.908. The molecule has 2 atom stereocenters. The number of nitrogens with one attached hydrogen (secondary N) is 1. The average molecular weight is 302 g/mol. The number of ether oxygens (including phenoxy) is 1. The molecule has 1 saturated heterocycles. The monoisotopic (exact) mass is 302 g/mol. The van der Waals surface area contributed by atoms with Crippen molar-refractivity contribution in [2.75, 3.05) is 18.5 Å². The zero-order chi connectivity index (χ0) is 15.5. The van der Waals surface area contributed by atoms with Gasteiger partial charge in [0.25, 0.3) is 5.91 Å². The SMILES string of the molecule is CCC(=O)Nc1cccc(OCC(=O)N2C[C@H]3CC[C@H]2C3)c1. The molecule has 5 nitrogen and oxygen atoms in total. The summed E-state index contributed by atoms with van der Waals surface area (Å²) < 4.78 is 5.60. The smallest absolute Gasteiger partial charge is 0.260 e. The number of carbonyl (C=O) groups is 2. The highest BCUT2D eigenvalue weighted by Gasteiger charge is 2.40. The van der Waals surface area contributed by atoms with E-state index in [2.05, 4.69) is 5.32 Å². The lowest BCUT2D eigenvalue weighted by atomic mass is 10.1. The highest BCUT2D eigenvalue weighted by molar-refractivity contribution is 5.90. The fraction of sp³-hybridized carbons (Fsp3) is 0.529. The number of amides is 2. The molecule has 0 radical (unpaired) electrons. The Balaban J connectivity index is 1.54. The molecule has 1 aliphatic heterocycles. The largest absolute Gasteiger partial charge is 0.484 e. The van der Waals surface area contributed by atoms with Crippen LogP contribution in [0.15, 0.2) is 24.3 Å². The van der Waals surface area contributed by atoms with E-state index >= 15 is 0 Å². The number of rotatable bonds is 5. The summed E-state index contributed by atoms with van der Waals surface area (Å²) in [5.74, 6) is 1.32. The van der Waals surface area contributed by atoms with Gasteiger partial charge in [-0.25, -0.2) is 0 Å². The molecule has 5 heteroatoms. The summed E-state index contributed by atoms with van der Waals surface area (Å²) in [7, 11) is 0. The summed E-state index contributed by atoms with van der Waals surface area (Å²) >= 11 is 0. The Hall–Kier alpha value is -2.04. The van der Waals surface area contributed by atoms with Crippen LogP contribution in [0.1, 0.15) is 32.6 Å². The minimum Gasteiger partial charge on any atom is -0.484 e. The van der Waals surface area contributed by atoms with Crippen molar-refractivity contribution in [1.82, 2.24) is 4.90 Å². The first kappa shape index (κ1) is 14.9. The van der Waals surface area contributed by atoms with Gasteiger partial charge >= 0.3 is 0 Å². The van der Waals surface area contributed by atoms with Crippen LogP contribution in [0, 0.1) is 5.92 Å². The lowest BCUT2D eigenvalue weighted by Crippen LogP contribution is -2.40. The zero-order valence-corrected chi connectivity index (χ0v) is 12.9. The summed E-state index contributed by atoms with van der Waals surface area (Å²) in [6.45, 7) is 2.76. The second kappa shape index (κ2) is 6.38. The van der Waals surface area contributed by atoms with Crippen LogP contribution in [0.25, 0.3) is 0 Å². The van der Waals surface area contributed by atoms with E-state index < -0.39 is 0 Å². The molecule has 3 rings (SSSR count). The maximum absolute atomic E-state index is 12.2. The number of hydrogen-bond donors (Lipinski definition) is 1. The summed E-state index contributed by atoms with van der Waals surface area (Å²) in [6, 6.07) is 7.59. The third kappa shape index (κ3) is 3.24. The first-order chi connectivity index (χ1) is 10.7. The number of hydrogen-bond acceptors (Lipinski definition) is 3. The first-order valence-electron chi connectivity index (χ1n) is 7.98. The standard InChI is InChI=1S/C17H22N2O3/c1-2-16(20)18-13-4-3-5-15(9-13)22-11-17(21)19-10-12-6-7-14(19)8-12/h3-5,9,12,14H,2,6-8,10-11H2,1H3,(H,18,20)/t12-,14-/m0/s1. The number of fused-ring (bicyclic) bond motifs is 2.